The zero-order valence-electron chi connectivity index (χ0n) is 20.5. The number of amides is 3. The molecule has 2 atom stereocenters. The molecule has 7 nitrogen and oxygen atoms in total. The van der Waals surface area contributed by atoms with Crippen LogP contribution in [0.2, 0.25) is 0 Å². The molecular formula is C27H36N2O5. The van der Waals surface area contributed by atoms with E-state index in [9.17, 15) is 19.2 Å². The number of benzene rings is 1. The molecule has 2 saturated carbocycles. The maximum absolute atomic E-state index is 13.1. The Kier molecular flexibility index (Phi) is 6.83. The Bertz CT molecular complexity index is 964. The summed E-state index contributed by atoms with van der Waals surface area (Å²) in [6, 6.07) is 6.69. The zero-order chi connectivity index (χ0) is 24.5. The van der Waals surface area contributed by atoms with E-state index >= 15 is 0 Å². The summed E-state index contributed by atoms with van der Waals surface area (Å²) in [5.41, 5.74) is 0.214. The standard InChI is InChI=1S/C27H36N2O5/c1-26(2)21-15-16-27(26,3)25(33)29(23(21)31)17-7-10-22(30)28-19-13-11-18(12-14-19)24(32)34-20-8-5-4-6-9-20/h11-14,20-21H,4-10,15-17H2,1-3H3,(H,28,30). The summed E-state index contributed by atoms with van der Waals surface area (Å²) >= 11 is 0. The molecule has 1 aromatic carbocycles. The summed E-state index contributed by atoms with van der Waals surface area (Å²) in [7, 11) is 0. The number of rotatable bonds is 7. The number of imide groups is 1. The summed E-state index contributed by atoms with van der Waals surface area (Å²) < 4.78 is 5.58. The third kappa shape index (κ3) is 4.49. The summed E-state index contributed by atoms with van der Waals surface area (Å²) in [6.07, 6.45) is 7.34. The molecule has 184 valence electrons. The zero-order valence-corrected chi connectivity index (χ0v) is 20.5. The fraction of sp³-hybridized carbons (Fsp3) is 0.630. The van der Waals surface area contributed by atoms with Gasteiger partial charge in [-0.05, 0) is 74.6 Å². The maximum atomic E-state index is 13.1. The second kappa shape index (κ2) is 9.51. The van der Waals surface area contributed by atoms with Crippen molar-refractivity contribution in [1.82, 2.24) is 4.90 Å². The van der Waals surface area contributed by atoms with Crippen LogP contribution in [0.4, 0.5) is 5.69 Å². The maximum Gasteiger partial charge on any atom is 0.338 e. The number of fused-ring (bicyclic) bond motifs is 2. The van der Waals surface area contributed by atoms with Gasteiger partial charge in [0.15, 0.2) is 0 Å². The van der Waals surface area contributed by atoms with Gasteiger partial charge in [0.05, 0.1) is 11.0 Å². The largest absolute Gasteiger partial charge is 0.459 e. The molecule has 1 aromatic rings. The molecule has 3 aliphatic rings. The smallest absolute Gasteiger partial charge is 0.338 e. The highest BCUT2D eigenvalue weighted by Gasteiger charge is 2.64. The minimum Gasteiger partial charge on any atom is -0.459 e. The van der Waals surface area contributed by atoms with E-state index in [1.54, 1.807) is 24.3 Å². The highest BCUT2D eigenvalue weighted by atomic mass is 16.5. The van der Waals surface area contributed by atoms with Crippen molar-refractivity contribution in [2.45, 2.75) is 84.7 Å². The van der Waals surface area contributed by atoms with Crippen LogP contribution >= 0.6 is 0 Å². The van der Waals surface area contributed by atoms with Crippen molar-refractivity contribution in [1.29, 1.82) is 0 Å². The topological polar surface area (TPSA) is 92.8 Å². The second-order valence-corrected chi connectivity index (χ2v) is 10.8. The van der Waals surface area contributed by atoms with Gasteiger partial charge in [0.2, 0.25) is 17.7 Å². The van der Waals surface area contributed by atoms with E-state index in [2.05, 4.69) is 5.32 Å². The number of ether oxygens (including phenoxy) is 1. The molecule has 3 amide bonds. The van der Waals surface area contributed by atoms with Gasteiger partial charge in [0.1, 0.15) is 6.10 Å². The first-order valence-electron chi connectivity index (χ1n) is 12.6. The van der Waals surface area contributed by atoms with Crippen molar-refractivity contribution in [2.75, 3.05) is 11.9 Å². The number of anilines is 1. The summed E-state index contributed by atoms with van der Waals surface area (Å²) in [4.78, 5) is 52.1. The number of nitrogens with zero attached hydrogens (tertiary/aromatic N) is 1. The van der Waals surface area contributed by atoms with E-state index in [0.29, 0.717) is 17.7 Å². The lowest BCUT2D eigenvalue weighted by Gasteiger charge is -2.47. The fourth-order valence-corrected chi connectivity index (χ4v) is 5.83. The Hall–Kier alpha value is -2.70. The van der Waals surface area contributed by atoms with Gasteiger partial charge in [-0.1, -0.05) is 27.2 Å². The lowest BCUT2D eigenvalue weighted by atomic mass is 9.62. The fourth-order valence-electron chi connectivity index (χ4n) is 5.83. The van der Waals surface area contributed by atoms with Crippen LogP contribution < -0.4 is 5.32 Å². The molecule has 0 aromatic heterocycles. The molecule has 1 N–H and O–H groups in total. The van der Waals surface area contributed by atoms with Crippen LogP contribution in [0.5, 0.6) is 0 Å². The van der Waals surface area contributed by atoms with E-state index in [-0.39, 0.29) is 54.1 Å². The predicted molar refractivity (Wildman–Crippen MR) is 128 cm³/mol. The van der Waals surface area contributed by atoms with Gasteiger partial charge >= 0.3 is 5.97 Å². The molecule has 7 heteroatoms. The molecule has 4 rings (SSSR count). The van der Waals surface area contributed by atoms with Gasteiger partial charge in [-0.25, -0.2) is 4.79 Å². The van der Waals surface area contributed by atoms with E-state index in [0.717, 1.165) is 38.5 Å². The molecule has 1 saturated heterocycles. The van der Waals surface area contributed by atoms with Crippen LogP contribution in [0.15, 0.2) is 24.3 Å². The number of hydrogen-bond acceptors (Lipinski definition) is 5. The number of carbonyl (C=O) groups is 4. The van der Waals surface area contributed by atoms with E-state index in [4.69, 9.17) is 4.74 Å². The summed E-state index contributed by atoms with van der Waals surface area (Å²) in [6.45, 7) is 6.27. The van der Waals surface area contributed by atoms with Gasteiger partial charge in [-0.3, -0.25) is 19.3 Å². The number of carbonyl (C=O) groups excluding carboxylic acids is 4. The molecule has 3 fully saturated rings. The van der Waals surface area contributed by atoms with Gasteiger partial charge in [-0.2, -0.15) is 0 Å². The SMILES string of the molecule is CC12CCC(C(=O)N(CCCC(=O)Nc3ccc(C(=O)OC4CCCCC4)cc3)C1=O)C2(C)C. The van der Waals surface area contributed by atoms with Crippen molar-refractivity contribution in [3.8, 4) is 0 Å². The first kappa shape index (κ1) is 24.4. The average Bonchev–Trinajstić information content (AvgIpc) is 3.00. The lowest BCUT2D eigenvalue weighted by Crippen LogP contribution is -2.59. The van der Waals surface area contributed by atoms with Gasteiger partial charge in [0.25, 0.3) is 0 Å². The third-order valence-electron chi connectivity index (χ3n) is 8.52. The molecule has 1 heterocycles. The van der Waals surface area contributed by atoms with Crippen LogP contribution in [0.1, 0.15) is 88.9 Å². The van der Waals surface area contributed by atoms with Gasteiger partial charge in [0, 0.05) is 24.6 Å². The Morgan fingerprint density at radius 3 is 2.38 bits per heavy atom. The molecule has 2 bridgehead atoms. The van der Waals surface area contributed by atoms with Crippen molar-refractivity contribution in [2.24, 2.45) is 16.7 Å². The number of nitrogens with one attached hydrogen (secondary N) is 1. The van der Waals surface area contributed by atoms with E-state index < -0.39 is 5.41 Å². The van der Waals surface area contributed by atoms with E-state index in [1.807, 2.05) is 20.8 Å². The predicted octanol–water partition coefficient (Wildman–Crippen LogP) is 4.71. The average molecular weight is 469 g/mol. The molecule has 0 spiro atoms. The van der Waals surface area contributed by atoms with Gasteiger partial charge in [-0.15, -0.1) is 0 Å². The van der Waals surface area contributed by atoms with Crippen LogP contribution in [0.25, 0.3) is 0 Å². The Labute approximate surface area is 201 Å². The Morgan fingerprint density at radius 2 is 1.71 bits per heavy atom. The Balaban J connectivity index is 1.25. The number of esters is 1. The third-order valence-corrected chi connectivity index (χ3v) is 8.52. The normalized spacial score (nSPS) is 26.4. The number of piperidine rings is 1. The van der Waals surface area contributed by atoms with Crippen LogP contribution in [0, 0.1) is 16.7 Å². The van der Waals surface area contributed by atoms with Crippen LogP contribution in [0.3, 0.4) is 0 Å². The molecule has 1 aliphatic heterocycles. The highest BCUT2D eigenvalue weighted by Crippen LogP contribution is 2.60. The van der Waals surface area contributed by atoms with Crippen molar-refractivity contribution >= 4 is 29.4 Å². The molecule has 34 heavy (non-hydrogen) atoms. The van der Waals surface area contributed by atoms with Crippen LogP contribution in [-0.2, 0) is 19.1 Å². The Morgan fingerprint density at radius 1 is 1.03 bits per heavy atom. The quantitative estimate of drug-likeness (QED) is 0.462. The lowest BCUT2D eigenvalue weighted by molar-refractivity contribution is -0.168. The minimum absolute atomic E-state index is 0.00292. The molecule has 0 radical (unpaired) electrons. The van der Waals surface area contributed by atoms with Crippen molar-refractivity contribution in [3.05, 3.63) is 29.8 Å². The van der Waals surface area contributed by atoms with E-state index in [1.165, 1.54) is 11.3 Å². The molecule has 2 unspecified atom stereocenters. The summed E-state index contributed by atoms with van der Waals surface area (Å²) in [5, 5.41) is 2.82. The minimum atomic E-state index is -0.520. The van der Waals surface area contributed by atoms with Gasteiger partial charge < -0.3 is 10.1 Å². The molecule has 2 aliphatic carbocycles. The second-order valence-electron chi connectivity index (χ2n) is 10.8. The number of likely N-dealkylation sites (tertiary alicyclic amines) is 1. The van der Waals surface area contributed by atoms with Crippen molar-refractivity contribution in [3.63, 3.8) is 0 Å². The van der Waals surface area contributed by atoms with Crippen LogP contribution in [-0.4, -0.2) is 41.2 Å². The monoisotopic (exact) mass is 468 g/mol. The molecular weight excluding hydrogens is 432 g/mol. The first-order valence-corrected chi connectivity index (χ1v) is 12.6. The highest BCUT2D eigenvalue weighted by molar-refractivity contribution is 6.03. The summed E-state index contributed by atoms with van der Waals surface area (Å²) in [5.74, 6) is -0.851. The van der Waals surface area contributed by atoms with Crippen molar-refractivity contribution < 1.29 is 23.9 Å². The first-order chi connectivity index (χ1) is 16.1. The number of hydrogen-bond donors (Lipinski definition) is 1.